The van der Waals surface area contributed by atoms with Crippen LogP contribution in [0.4, 0.5) is 24.5 Å². The zero-order valence-electron chi connectivity index (χ0n) is 24.5. The number of benzene rings is 2. The number of hydrogen-bond acceptors (Lipinski definition) is 5. The Hall–Kier alpha value is -4.65. The van der Waals surface area contributed by atoms with Crippen molar-refractivity contribution in [2.24, 2.45) is 11.8 Å². The topological polar surface area (TPSA) is 82.5 Å². The van der Waals surface area contributed by atoms with Gasteiger partial charge < -0.3 is 15.3 Å². The monoisotopic (exact) mass is 643 g/mol. The molecule has 0 bridgehead atoms. The minimum absolute atomic E-state index is 0.0253. The Kier molecular flexibility index (Phi) is 8.85. The molecule has 46 heavy (non-hydrogen) atoms. The van der Waals surface area contributed by atoms with Gasteiger partial charge in [0.1, 0.15) is 5.69 Å². The minimum atomic E-state index is -4.61. The summed E-state index contributed by atoms with van der Waals surface area (Å²) < 4.78 is 42.5. The number of pyridine rings is 1. The Balaban J connectivity index is 1.25. The number of alkyl halides is 3. The van der Waals surface area contributed by atoms with E-state index in [1.165, 1.54) is 0 Å². The van der Waals surface area contributed by atoms with Gasteiger partial charge in [-0.15, -0.1) is 0 Å². The molecule has 2 unspecified atom stereocenters. The quantitative estimate of drug-likeness (QED) is 0.133. The number of nitrogens with one attached hydrogen (secondary N) is 1. The van der Waals surface area contributed by atoms with E-state index in [-0.39, 0.29) is 35.4 Å². The van der Waals surface area contributed by atoms with Crippen molar-refractivity contribution in [1.29, 1.82) is 0 Å². The van der Waals surface area contributed by atoms with Crippen LogP contribution in [0.1, 0.15) is 41.4 Å². The Bertz CT molecular complexity index is 1820. The molecule has 234 valence electrons. The van der Waals surface area contributed by atoms with Crippen molar-refractivity contribution in [3.63, 3.8) is 0 Å². The summed E-state index contributed by atoms with van der Waals surface area (Å²) in [4.78, 5) is 32.1. The standard InChI is InChI=1S/C36H29ClF3N3O3/c37-27-10-12-28(13-11-27)43(21-22-6-7-22)29-14-15-32(42-20-29)34(44)25-9-8-24(30(17-25)35(45)46)16-26-19-41-33(18-31(26)36(38,39)40)23-4-2-1-3-5-23/h1-5,10-15,17-18,20,22,26,33,41H,6-7,16,19,21H2,(H,45,46). The lowest BCUT2D eigenvalue weighted by Crippen LogP contribution is -2.37. The van der Waals surface area contributed by atoms with Crippen LogP contribution in [0.3, 0.4) is 0 Å². The number of allylic oxidation sites excluding steroid dienone is 2. The average Bonchev–Trinajstić information content (AvgIpc) is 3.88. The highest BCUT2D eigenvalue weighted by Crippen LogP contribution is 2.40. The number of carbonyl (C=O) groups excluding carboxylic acids is 1. The molecule has 10 heteroatoms. The Labute approximate surface area is 268 Å². The normalized spacial score (nSPS) is 19.5. The van der Waals surface area contributed by atoms with Gasteiger partial charge in [0.05, 0.1) is 29.1 Å². The van der Waals surface area contributed by atoms with E-state index in [0.29, 0.717) is 16.5 Å². The van der Waals surface area contributed by atoms with Crippen molar-refractivity contribution in [3.8, 4) is 0 Å². The number of ketones is 1. The fourth-order valence-electron chi connectivity index (χ4n) is 5.69. The molecule has 2 atom stereocenters. The molecular weight excluding hydrogens is 615 g/mol. The predicted octanol–water partition coefficient (Wildman–Crippen LogP) is 7.94. The van der Waals surface area contributed by atoms with Crippen LogP contribution in [0.2, 0.25) is 5.02 Å². The SMILES string of the molecule is O=C(O)C1=CC(C(=O)c2ccc(N(CC3CC3)c3ccc(Cl)cc3)cn2)=C=C=C1CC1CNC(c2ccccc2)C=C1C(F)(F)F. The minimum Gasteiger partial charge on any atom is -0.478 e. The van der Waals surface area contributed by atoms with Gasteiger partial charge >= 0.3 is 12.1 Å². The van der Waals surface area contributed by atoms with Gasteiger partial charge in [0.25, 0.3) is 0 Å². The molecule has 6 rings (SSSR count). The summed E-state index contributed by atoms with van der Waals surface area (Å²) in [6.07, 6.45) is 1.30. The highest BCUT2D eigenvalue weighted by Gasteiger charge is 2.42. The molecule has 3 aliphatic rings. The van der Waals surface area contributed by atoms with Crippen LogP contribution in [0.25, 0.3) is 0 Å². The molecule has 0 radical (unpaired) electrons. The molecule has 2 N–H and O–H groups in total. The van der Waals surface area contributed by atoms with Gasteiger partial charge in [-0.2, -0.15) is 13.2 Å². The molecule has 1 fully saturated rings. The summed E-state index contributed by atoms with van der Waals surface area (Å²) in [7, 11) is 0. The largest absolute Gasteiger partial charge is 0.478 e. The van der Waals surface area contributed by atoms with Gasteiger partial charge in [-0.05, 0) is 73.2 Å². The lowest BCUT2D eigenvalue weighted by Gasteiger charge is -2.32. The first kappa shape index (κ1) is 31.3. The lowest BCUT2D eigenvalue weighted by molar-refractivity contribution is -0.132. The van der Waals surface area contributed by atoms with Crippen LogP contribution < -0.4 is 10.2 Å². The maximum absolute atomic E-state index is 14.2. The number of carboxylic acid groups (broad SMARTS) is 1. The van der Waals surface area contributed by atoms with E-state index < -0.39 is 35.5 Å². The second kappa shape index (κ2) is 13.0. The Morgan fingerprint density at radius 2 is 1.72 bits per heavy atom. The summed E-state index contributed by atoms with van der Waals surface area (Å²) in [6, 6.07) is 19.0. The van der Waals surface area contributed by atoms with E-state index >= 15 is 0 Å². The van der Waals surface area contributed by atoms with E-state index in [2.05, 4.69) is 26.7 Å². The van der Waals surface area contributed by atoms with Crippen LogP contribution in [0, 0.1) is 11.8 Å². The molecule has 2 aromatic carbocycles. The highest BCUT2D eigenvalue weighted by atomic mass is 35.5. The van der Waals surface area contributed by atoms with Gasteiger partial charge in [-0.3, -0.25) is 9.78 Å². The summed E-state index contributed by atoms with van der Waals surface area (Å²) in [5.74, 6) is -2.44. The van der Waals surface area contributed by atoms with Crippen LogP contribution in [0.5, 0.6) is 0 Å². The summed E-state index contributed by atoms with van der Waals surface area (Å²) >= 11 is 6.07. The maximum atomic E-state index is 14.2. The van der Waals surface area contributed by atoms with E-state index in [1.54, 1.807) is 48.7 Å². The van der Waals surface area contributed by atoms with Crippen molar-refractivity contribution in [2.75, 3.05) is 18.0 Å². The fourth-order valence-corrected chi connectivity index (χ4v) is 5.82. The van der Waals surface area contributed by atoms with Crippen molar-refractivity contribution in [1.82, 2.24) is 10.3 Å². The molecular formula is C36H29ClF3N3O3. The van der Waals surface area contributed by atoms with Crippen LogP contribution in [-0.4, -0.2) is 41.1 Å². The van der Waals surface area contributed by atoms with E-state index in [9.17, 15) is 27.9 Å². The van der Waals surface area contributed by atoms with Crippen molar-refractivity contribution in [2.45, 2.75) is 31.5 Å². The number of nitrogens with zero attached hydrogens (tertiary/aromatic N) is 2. The maximum Gasteiger partial charge on any atom is 0.412 e. The molecule has 1 aliphatic heterocycles. The zero-order chi connectivity index (χ0) is 32.4. The third-order valence-electron chi connectivity index (χ3n) is 8.31. The molecule has 6 nitrogen and oxygen atoms in total. The number of Topliss-reactive ketones (excluding diaryl/α,β-unsaturated/α-hetero) is 1. The second-order valence-corrected chi connectivity index (χ2v) is 12.0. The lowest BCUT2D eigenvalue weighted by atomic mass is 9.83. The van der Waals surface area contributed by atoms with Crippen molar-refractivity contribution >= 4 is 34.7 Å². The zero-order valence-corrected chi connectivity index (χ0v) is 25.3. The third kappa shape index (κ3) is 7.09. The van der Waals surface area contributed by atoms with Crippen molar-refractivity contribution < 1.29 is 27.9 Å². The van der Waals surface area contributed by atoms with Gasteiger partial charge in [0, 0.05) is 40.9 Å². The number of hydrogen-bond donors (Lipinski definition) is 2. The van der Waals surface area contributed by atoms with E-state index in [4.69, 9.17) is 11.6 Å². The Morgan fingerprint density at radius 3 is 2.35 bits per heavy atom. The summed E-state index contributed by atoms with van der Waals surface area (Å²) in [5, 5.41) is 13.7. The van der Waals surface area contributed by atoms with Gasteiger partial charge in [-0.25, -0.2) is 4.79 Å². The summed E-state index contributed by atoms with van der Waals surface area (Å²) in [5.41, 5.74) is 6.78. The number of aliphatic carboxylic acids is 1. The fraction of sp³-hybridized carbons (Fsp3) is 0.250. The number of anilines is 2. The molecule has 3 aromatic rings. The van der Waals surface area contributed by atoms with Crippen LogP contribution >= 0.6 is 11.6 Å². The second-order valence-electron chi connectivity index (χ2n) is 11.6. The predicted molar refractivity (Wildman–Crippen MR) is 169 cm³/mol. The van der Waals surface area contributed by atoms with Gasteiger partial charge in [0.15, 0.2) is 0 Å². The number of rotatable bonds is 10. The third-order valence-corrected chi connectivity index (χ3v) is 8.56. The first-order valence-corrected chi connectivity index (χ1v) is 15.3. The van der Waals surface area contributed by atoms with Gasteiger partial charge in [-0.1, -0.05) is 59.5 Å². The molecule has 2 aliphatic carbocycles. The molecule has 0 saturated heterocycles. The molecule has 1 aromatic heterocycles. The molecule has 0 spiro atoms. The van der Waals surface area contributed by atoms with E-state index in [1.807, 2.05) is 24.3 Å². The van der Waals surface area contributed by atoms with Crippen LogP contribution in [-0.2, 0) is 4.79 Å². The van der Waals surface area contributed by atoms with Gasteiger partial charge in [0.2, 0.25) is 5.78 Å². The number of carbonyl (C=O) groups is 2. The average molecular weight is 644 g/mol. The van der Waals surface area contributed by atoms with Crippen molar-refractivity contribution in [3.05, 3.63) is 135 Å². The Morgan fingerprint density at radius 1 is 1.00 bits per heavy atom. The van der Waals surface area contributed by atoms with E-state index in [0.717, 1.165) is 42.9 Å². The first-order valence-electron chi connectivity index (χ1n) is 14.9. The molecule has 0 amide bonds. The first-order chi connectivity index (χ1) is 22.1. The number of aromatic nitrogens is 1. The number of carboxylic acids is 1. The number of halogens is 4. The molecule has 2 heterocycles. The van der Waals surface area contributed by atoms with Crippen LogP contribution in [0.15, 0.2) is 119 Å². The molecule has 1 saturated carbocycles. The smallest absolute Gasteiger partial charge is 0.412 e. The summed E-state index contributed by atoms with van der Waals surface area (Å²) in [6.45, 7) is 0.764. The highest BCUT2D eigenvalue weighted by molar-refractivity contribution is 6.30.